The molecule has 4 nitrogen and oxygen atoms in total. The number of carboxylic acid groups (broad SMARTS) is 1. The van der Waals surface area contributed by atoms with Gasteiger partial charge in [0.25, 0.3) is 0 Å². The minimum Gasteiger partial charge on any atom is -0.550 e. The Morgan fingerprint density at radius 2 is 1.36 bits per heavy atom. The molecule has 0 amide bonds. The molecule has 0 aliphatic carbocycles. The highest BCUT2D eigenvalue weighted by Crippen LogP contribution is 2.57. The van der Waals surface area contributed by atoms with E-state index >= 15 is 0 Å². The summed E-state index contributed by atoms with van der Waals surface area (Å²) in [6.45, 7) is 10.6. The van der Waals surface area contributed by atoms with E-state index in [-0.39, 0.29) is 0 Å². The van der Waals surface area contributed by atoms with Gasteiger partial charge in [-0.2, -0.15) is 0 Å². The first kappa shape index (κ1) is 26.5. The van der Waals surface area contributed by atoms with Gasteiger partial charge in [0.1, 0.15) is 6.20 Å². The van der Waals surface area contributed by atoms with Crippen molar-refractivity contribution < 1.29 is 14.4 Å². The second-order valence-corrected chi connectivity index (χ2v) is 12.1. The molecule has 0 fully saturated rings. The number of aliphatic imine (C=N–C) groups is 1. The van der Waals surface area contributed by atoms with Crippen LogP contribution in [-0.2, 0) is 4.79 Å². The predicted molar refractivity (Wildman–Crippen MR) is 113 cm³/mol. The monoisotopic (exact) mass is 373 g/mol. The molecule has 5 heteroatoms. The van der Waals surface area contributed by atoms with Gasteiger partial charge in [-0.05, 0) is 26.2 Å². The van der Waals surface area contributed by atoms with E-state index in [1.807, 2.05) is 12.5 Å². The number of hydrogen-bond donors (Lipinski definition) is 0. The smallest absolute Gasteiger partial charge is 0.194 e. The van der Waals surface area contributed by atoms with E-state index in [0.717, 1.165) is 11.4 Å². The molecule has 0 spiro atoms. The molecule has 0 atom stereocenters. The van der Waals surface area contributed by atoms with Crippen LogP contribution in [0.25, 0.3) is 0 Å². The van der Waals surface area contributed by atoms with Gasteiger partial charge >= 0.3 is 0 Å². The van der Waals surface area contributed by atoms with Gasteiger partial charge < -0.3 is 9.90 Å². The van der Waals surface area contributed by atoms with Crippen LogP contribution in [0, 0.1) is 0 Å². The van der Waals surface area contributed by atoms with Gasteiger partial charge in [-0.15, -0.1) is 0 Å². The molecular weight excluding hydrogens is 331 g/mol. The molecule has 25 heavy (non-hydrogen) atoms. The molecule has 0 unspecified atom stereocenters. The van der Waals surface area contributed by atoms with Crippen LogP contribution in [0.4, 0.5) is 0 Å². The Labute approximate surface area is 157 Å². The van der Waals surface area contributed by atoms with E-state index in [1.165, 1.54) is 38.5 Å². The van der Waals surface area contributed by atoms with Crippen molar-refractivity contribution in [2.75, 3.05) is 39.2 Å². The van der Waals surface area contributed by atoms with E-state index in [2.05, 4.69) is 46.5 Å². The zero-order chi connectivity index (χ0) is 19.8. The maximum absolute atomic E-state index is 8.89. The lowest BCUT2D eigenvalue weighted by molar-refractivity contribution is -0.732. The predicted octanol–water partition coefficient (Wildman–Crippen LogP) is 4.37. The molecule has 1 rings (SSSR count). The fourth-order valence-corrected chi connectivity index (χ4v) is 6.32. The number of rotatable bonds is 9. The fourth-order valence-electron chi connectivity index (χ4n) is 2.41. The molecule has 1 aliphatic rings. The van der Waals surface area contributed by atoms with Crippen molar-refractivity contribution in [1.29, 1.82) is 0 Å². The number of hydrogen-bond acceptors (Lipinski definition) is 3. The molecule has 0 radical (unpaired) electrons. The summed E-state index contributed by atoms with van der Waals surface area (Å²) in [5.41, 5.74) is 0. The van der Waals surface area contributed by atoms with Crippen LogP contribution in [-0.4, -0.2) is 56.0 Å². The topological polar surface area (TPSA) is 52.5 Å². The lowest BCUT2D eigenvalue weighted by atomic mass is 10.4. The van der Waals surface area contributed by atoms with Crippen molar-refractivity contribution in [3.63, 3.8) is 0 Å². The van der Waals surface area contributed by atoms with E-state index in [9.17, 15) is 0 Å². The molecule has 0 saturated carbocycles. The van der Waals surface area contributed by atoms with Crippen LogP contribution in [0.5, 0.6) is 0 Å². The maximum Gasteiger partial charge on any atom is 0.194 e. The summed E-state index contributed by atoms with van der Waals surface area (Å²) in [4.78, 5) is 12.8. The third kappa shape index (κ3) is 19.4. The summed E-state index contributed by atoms with van der Waals surface area (Å²) in [5, 5.41) is 8.89. The lowest BCUT2D eigenvalue weighted by Crippen LogP contribution is -2.28. The van der Waals surface area contributed by atoms with Gasteiger partial charge in [-0.1, -0.05) is 40.0 Å². The van der Waals surface area contributed by atoms with E-state index < -0.39 is 13.2 Å². The summed E-state index contributed by atoms with van der Waals surface area (Å²) >= 11 is 0. The van der Waals surface area contributed by atoms with Crippen molar-refractivity contribution >= 4 is 19.6 Å². The maximum atomic E-state index is 8.89. The minimum atomic E-state index is -1.08. The van der Waals surface area contributed by atoms with Crippen molar-refractivity contribution in [3.05, 3.63) is 12.4 Å². The summed E-state index contributed by atoms with van der Waals surface area (Å²) in [6.07, 6.45) is 18.9. The Hall–Kier alpha value is -0.730. The Morgan fingerprint density at radius 1 is 1.00 bits per heavy atom. The molecule has 1 aliphatic heterocycles. The number of nitrogens with zero attached hydrogens (tertiary/aromatic N) is 2. The van der Waals surface area contributed by atoms with Crippen LogP contribution in [0.1, 0.15) is 66.2 Å². The summed E-state index contributed by atoms with van der Waals surface area (Å²) in [5.74, 6) is -1.08. The molecule has 0 saturated heterocycles. The van der Waals surface area contributed by atoms with E-state index in [1.54, 1.807) is 24.7 Å². The summed E-state index contributed by atoms with van der Waals surface area (Å²) < 4.78 is 0.778. The largest absolute Gasteiger partial charge is 0.550 e. The zero-order valence-electron chi connectivity index (χ0n) is 17.8. The Bertz CT molecular complexity index is 353. The summed E-state index contributed by atoms with van der Waals surface area (Å²) in [6, 6.07) is 0. The number of carboxylic acids is 1. The van der Waals surface area contributed by atoms with Gasteiger partial charge in [-0.25, -0.2) is 4.99 Å². The van der Waals surface area contributed by atoms with Gasteiger partial charge in [0.15, 0.2) is 6.34 Å². The lowest BCUT2D eigenvalue weighted by Gasteiger charge is -2.22. The van der Waals surface area contributed by atoms with Crippen molar-refractivity contribution in [3.8, 4) is 0 Å². The molecule has 0 aromatic rings. The normalized spacial score (nSPS) is 14.4. The van der Waals surface area contributed by atoms with Crippen molar-refractivity contribution in [2.45, 2.75) is 66.2 Å². The quantitative estimate of drug-likeness (QED) is 0.445. The molecule has 1 heterocycles. The zero-order valence-corrected chi connectivity index (χ0v) is 18.6. The third-order valence-electron chi connectivity index (χ3n) is 4.06. The molecule has 0 aromatic carbocycles. The van der Waals surface area contributed by atoms with Crippen molar-refractivity contribution in [2.24, 2.45) is 4.99 Å². The first-order chi connectivity index (χ1) is 11.6. The van der Waals surface area contributed by atoms with Crippen molar-refractivity contribution in [1.82, 2.24) is 0 Å². The first-order valence-electron chi connectivity index (χ1n) is 9.69. The van der Waals surface area contributed by atoms with Gasteiger partial charge in [0.2, 0.25) is 0 Å². The average Bonchev–Trinajstić information content (AvgIpc) is 2.93. The van der Waals surface area contributed by atoms with Gasteiger partial charge in [0, 0.05) is 19.9 Å². The highest BCUT2D eigenvalue weighted by Gasteiger charge is 2.28. The minimum absolute atomic E-state index is 0.519. The Balaban J connectivity index is 0. The number of carbonyl (C=O) groups is 1. The Morgan fingerprint density at radius 3 is 1.52 bits per heavy atom. The molecule has 0 aromatic heterocycles. The van der Waals surface area contributed by atoms with E-state index in [0.29, 0.717) is 0 Å². The highest BCUT2D eigenvalue weighted by molar-refractivity contribution is 7.75. The SMILES string of the molecule is CC(=O)[O-].CCCC[P+](C)(CCCC)CCCC.C[N+]1(C)C=CN=C1. The fraction of sp³-hybridized carbons (Fsp3) is 0.800. The van der Waals surface area contributed by atoms with Crippen LogP contribution in [0.15, 0.2) is 17.4 Å². The van der Waals surface area contributed by atoms with Gasteiger partial charge in [-0.3, -0.25) is 4.48 Å². The number of carbonyl (C=O) groups excluding carboxylic acids is 1. The average molecular weight is 374 g/mol. The summed E-state index contributed by atoms with van der Waals surface area (Å²) in [7, 11) is 3.61. The number of unbranched alkanes of at least 4 members (excludes halogenated alkanes) is 3. The standard InChI is InChI=1S/C13H30P.C5H9N2.C2H4O2/c1-5-8-11-14(4,12-9-6-2)13-10-7-3;1-7(2)4-3-6-5-7;1-2(3)4/h5-13H2,1-4H3;3-5H,1-2H3;1H3,(H,3,4)/q2*+1;/p-1. The molecule has 0 bridgehead atoms. The Kier molecular flexibility index (Phi) is 16.4. The second kappa shape index (κ2) is 15.5. The number of aliphatic carboxylic acids is 1. The first-order valence-corrected chi connectivity index (χ1v) is 12.5. The molecule has 0 N–H and O–H groups in total. The van der Waals surface area contributed by atoms with Crippen LogP contribution in [0.2, 0.25) is 0 Å². The number of quaternary nitrogens is 1. The third-order valence-corrected chi connectivity index (χ3v) is 8.24. The van der Waals surface area contributed by atoms with E-state index in [4.69, 9.17) is 9.90 Å². The molecular formula is C20H42N2O2P+. The second-order valence-electron chi connectivity index (χ2n) is 7.53. The highest BCUT2D eigenvalue weighted by atomic mass is 31.2. The van der Waals surface area contributed by atoms with Crippen LogP contribution >= 0.6 is 7.26 Å². The molecule has 148 valence electrons. The van der Waals surface area contributed by atoms with Crippen LogP contribution in [0.3, 0.4) is 0 Å². The van der Waals surface area contributed by atoms with Gasteiger partial charge in [0.05, 0.1) is 38.8 Å². The van der Waals surface area contributed by atoms with Crippen LogP contribution < -0.4 is 5.11 Å².